The molecule has 0 aliphatic carbocycles. The number of carbonyl (C=O) groups excluding carboxylic acids is 2. The maximum Gasteiger partial charge on any atom is 0.264 e. The minimum atomic E-state index is -3.92. The zero-order chi connectivity index (χ0) is 29.4. The second kappa shape index (κ2) is 13.0. The third-order valence-corrected chi connectivity index (χ3v) is 8.25. The molecule has 0 aromatic heterocycles. The molecule has 4 rings (SSSR count). The molecule has 0 bridgehead atoms. The number of sulfonamides is 1. The maximum atomic E-state index is 13.2. The fraction of sp³-hybridized carbons (Fsp3) is 0.161. The van der Waals surface area contributed by atoms with Crippen molar-refractivity contribution >= 4 is 33.2 Å². The van der Waals surface area contributed by atoms with E-state index in [1.807, 2.05) is 30.3 Å². The Balaban J connectivity index is 1.43. The largest absolute Gasteiger partial charge is 0.493 e. The van der Waals surface area contributed by atoms with E-state index in [1.165, 1.54) is 63.7 Å². The van der Waals surface area contributed by atoms with Gasteiger partial charge in [0.15, 0.2) is 11.5 Å². The second-order valence-electron chi connectivity index (χ2n) is 9.03. The highest BCUT2D eigenvalue weighted by Crippen LogP contribution is 2.31. The van der Waals surface area contributed by atoms with Crippen molar-refractivity contribution < 1.29 is 27.5 Å². The number of hydrogen-bond donors (Lipinski definition) is 2. The van der Waals surface area contributed by atoms with Crippen LogP contribution in [-0.2, 0) is 16.4 Å². The predicted octanol–water partition coefficient (Wildman–Crippen LogP) is 4.75. The van der Waals surface area contributed by atoms with Crippen LogP contribution in [0, 0.1) is 0 Å². The van der Waals surface area contributed by atoms with Gasteiger partial charge in [-0.1, -0.05) is 42.5 Å². The molecular weight excluding hydrogens is 542 g/mol. The van der Waals surface area contributed by atoms with Crippen LogP contribution < -0.4 is 24.4 Å². The van der Waals surface area contributed by atoms with Crippen LogP contribution in [0.3, 0.4) is 0 Å². The lowest BCUT2D eigenvalue weighted by Gasteiger charge is -2.20. The molecule has 0 radical (unpaired) electrons. The van der Waals surface area contributed by atoms with Crippen molar-refractivity contribution in [3.05, 3.63) is 114 Å². The smallest absolute Gasteiger partial charge is 0.264 e. The first-order valence-corrected chi connectivity index (χ1v) is 14.2. The summed E-state index contributed by atoms with van der Waals surface area (Å²) in [6.45, 7) is 0.451. The highest BCUT2D eigenvalue weighted by molar-refractivity contribution is 7.92. The van der Waals surface area contributed by atoms with E-state index in [9.17, 15) is 18.0 Å². The van der Waals surface area contributed by atoms with Crippen LogP contribution in [0.25, 0.3) is 0 Å². The molecule has 0 saturated carbocycles. The number of nitrogens with one attached hydrogen (secondary N) is 2. The van der Waals surface area contributed by atoms with E-state index in [-0.39, 0.29) is 10.8 Å². The predicted molar refractivity (Wildman–Crippen MR) is 158 cm³/mol. The molecule has 2 amide bonds. The summed E-state index contributed by atoms with van der Waals surface area (Å²) < 4.78 is 38.0. The van der Waals surface area contributed by atoms with E-state index in [0.717, 1.165) is 9.87 Å². The van der Waals surface area contributed by atoms with Crippen molar-refractivity contribution in [2.45, 2.75) is 11.3 Å². The molecule has 41 heavy (non-hydrogen) atoms. The summed E-state index contributed by atoms with van der Waals surface area (Å²) in [4.78, 5) is 25.9. The SMILES string of the molecule is COc1ccc(S(=O)(=O)N(C)c2ccc(C(=O)Nc3ccccc3C(=O)NCCc3ccccc3)cc2)cc1OC. The van der Waals surface area contributed by atoms with Gasteiger partial charge in [-0.15, -0.1) is 0 Å². The molecule has 0 atom stereocenters. The molecule has 0 aliphatic heterocycles. The van der Waals surface area contributed by atoms with Crippen molar-refractivity contribution in [2.24, 2.45) is 0 Å². The topological polar surface area (TPSA) is 114 Å². The fourth-order valence-electron chi connectivity index (χ4n) is 4.14. The molecule has 0 aliphatic rings. The first-order chi connectivity index (χ1) is 19.7. The van der Waals surface area contributed by atoms with Gasteiger partial charge < -0.3 is 20.1 Å². The number of hydrogen-bond acceptors (Lipinski definition) is 6. The molecule has 0 unspecified atom stereocenters. The van der Waals surface area contributed by atoms with Crippen LogP contribution in [0.4, 0.5) is 11.4 Å². The van der Waals surface area contributed by atoms with Crippen LogP contribution in [0.2, 0.25) is 0 Å². The van der Waals surface area contributed by atoms with Gasteiger partial charge in [-0.2, -0.15) is 0 Å². The average Bonchev–Trinajstić information content (AvgIpc) is 3.01. The molecule has 0 fully saturated rings. The second-order valence-corrected chi connectivity index (χ2v) is 11.0. The Bertz CT molecular complexity index is 1620. The van der Waals surface area contributed by atoms with Gasteiger partial charge in [0.2, 0.25) is 0 Å². The molecule has 0 spiro atoms. The zero-order valence-corrected chi connectivity index (χ0v) is 23.8. The van der Waals surface area contributed by atoms with Gasteiger partial charge in [-0.3, -0.25) is 13.9 Å². The van der Waals surface area contributed by atoms with Gasteiger partial charge in [-0.05, 0) is 60.5 Å². The molecule has 9 nitrogen and oxygen atoms in total. The standard InChI is InChI=1S/C31H31N3O6S/c1-34(41(37,38)25-17-18-28(39-2)29(21-25)40-3)24-15-13-23(14-16-24)30(35)33-27-12-8-7-11-26(27)31(36)32-20-19-22-9-5-4-6-10-22/h4-18,21H,19-20H2,1-3H3,(H,32,36)(H,33,35). The Hall–Kier alpha value is -4.83. The Labute approximate surface area is 239 Å². The van der Waals surface area contributed by atoms with E-state index in [0.29, 0.717) is 47.0 Å². The summed E-state index contributed by atoms with van der Waals surface area (Å²) in [7, 11) is 0.403. The highest BCUT2D eigenvalue weighted by atomic mass is 32.2. The molecule has 4 aromatic rings. The van der Waals surface area contributed by atoms with E-state index < -0.39 is 15.9 Å². The van der Waals surface area contributed by atoms with Gasteiger partial charge in [0.05, 0.1) is 36.1 Å². The molecule has 2 N–H and O–H groups in total. The van der Waals surface area contributed by atoms with Crippen molar-refractivity contribution in [3.8, 4) is 11.5 Å². The molecule has 10 heteroatoms. The van der Waals surface area contributed by atoms with Crippen molar-refractivity contribution in [3.63, 3.8) is 0 Å². The Morgan fingerprint density at radius 2 is 1.44 bits per heavy atom. The molecule has 0 saturated heterocycles. The van der Waals surface area contributed by atoms with Crippen LogP contribution in [0.1, 0.15) is 26.3 Å². The van der Waals surface area contributed by atoms with Gasteiger partial charge >= 0.3 is 0 Å². The van der Waals surface area contributed by atoms with Crippen molar-refractivity contribution in [1.29, 1.82) is 0 Å². The lowest BCUT2D eigenvalue weighted by molar-refractivity contribution is 0.0955. The number of ether oxygens (including phenoxy) is 2. The van der Waals surface area contributed by atoms with E-state index in [1.54, 1.807) is 24.3 Å². The van der Waals surface area contributed by atoms with Crippen LogP contribution >= 0.6 is 0 Å². The van der Waals surface area contributed by atoms with Crippen LogP contribution in [0.15, 0.2) is 102 Å². The minimum absolute atomic E-state index is 0.0260. The number of methoxy groups -OCH3 is 2. The molecule has 212 valence electrons. The Morgan fingerprint density at radius 1 is 0.780 bits per heavy atom. The highest BCUT2D eigenvalue weighted by Gasteiger charge is 2.23. The number of rotatable bonds is 11. The van der Waals surface area contributed by atoms with Gasteiger partial charge in [0.1, 0.15) is 0 Å². The number of para-hydroxylation sites is 1. The third kappa shape index (κ3) is 6.85. The summed E-state index contributed by atoms with van der Waals surface area (Å²) in [5.74, 6) is -0.0319. The Morgan fingerprint density at radius 3 is 2.12 bits per heavy atom. The Kier molecular flexibility index (Phi) is 9.26. The number of benzene rings is 4. The summed E-state index contributed by atoms with van der Waals surface area (Å²) in [6, 6.07) is 27.0. The van der Waals surface area contributed by atoms with Crippen LogP contribution in [-0.4, -0.2) is 48.0 Å². The zero-order valence-electron chi connectivity index (χ0n) is 23.0. The van der Waals surface area contributed by atoms with Gasteiger partial charge in [-0.25, -0.2) is 8.42 Å². The first-order valence-electron chi connectivity index (χ1n) is 12.8. The average molecular weight is 574 g/mol. The summed E-state index contributed by atoms with van der Waals surface area (Å²) >= 11 is 0. The first kappa shape index (κ1) is 29.2. The summed E-state index contributed by atoms with van der Waals surface area (Å²) in [5.41, 5.74) is 2.47. The maximum absolute atomic E-state index is 13.2. The number of amides is 2. The van der Waals surface area contributed by atoms with Crippen LogP contribution in [0.5, 0.6) is 11.5 Å². The monoisotopic (exact) mass is 573 g/mol. The quantitative estimate of drug-likeness (QED) is 0.268. The van der Waals surface area contributed by atoms with E-state index in [4.69, 9.17) is 9.47 Å². The molecule has 0 heterocycles. The molecular formula is C31H31N3O6S. The number of nitrogens with zero attached hydrogens (tertiary/aromatic N) is 1. The third-order valence-electron chi connectivity index (χ3n) is 6.47. The minimum Gasteiger partial charge on any atom is -0.493 e. The lowest BCUT2D eigenvalue weighted by Crippen LogP contribution is -2.27. The fourth-order valence-corrected chi connectivity index (χ4v) is 5.35. The summed E-state index contributed by atoms with van der Waals surface area (Å²) in [6.07, 6.45) is 0.684. The van der Waals surface area contributed by atoms with Gasteiger partial charge in [0.25, 0.3) is 21.8 Å². The molecule has 4 aromatic carbocycles. The van der Waals surface area contributed by atoms with E-state index >= 15 is 0 Å². The lowest BCUT2D eigenvalue weighted by atomic mass is 10.1. The summed E-state index contributed by atoms with van der Waals surface area (Å²) in [5, 5.41) is 5.68. The van der Waals surface area contributed by atoms with Crippen molar-refractivity contribution in [1.82, 2.24) is 5.32 Å². The number of anilines is 2. The number of carbonyl (C=O) groups is 2. The van der Waals surface area contributed by atoms with E-state index in [2.05, 4.69) is 10.6 Å². The van der Waals surface area contributed by atoms with Crippen molar-refractivity contribution in [2.75, 3.05) is 37.4 Å². The van der Waals surface area contributed by atoms with Gasteiger partial charge in [0, 0.05) is 25.2 Å². The normalized spacial score (nSPS) is 10.9.